The second-order valence-electron chi connectivity index (χ2n) is 4.85. The third-order valence-corrected chi connectivity index (χ3v) is 3.86. The molecule has 19 heavy (non-hydrogen) atoms. The molecule has 1 aliphatic rings. The van der Waals surface area contributed by atoms with Crippen LogP contribution in [0.25, 0.3) is 0 Å². The molecule has 0 bridgehead atoms. The Morgan fingerprint density at radius 1 is 1.32 bits per heavy atom. The number of benzene rings is 1. The molecule has 0 unspecified atom stereocenters. The Morgan fingerprint density at radius 3 is 2.47 bits per heavy atom. The molecule has 1 aromatic carbocycles. The summed E-state index contributed by atoms with van der Waals surface area (Å²) in [6.07, 6.45) is 0. The van der Waals surface area contributed by atoms with Crippen LogP contribution in [0.3, 0.4) is 0 Å². The van der Waals surface area contributed by atoms with Crippen molar-refractivity contribution in [3.8, 4) is 0 Å². The number of ether oxygens (including phenoxy) is 1. The number of amides is 1. The molecule has 104 valence electrons. The highest BCUT2D eigenvalue weighted by Crippen LogP contribution is 2.23. The first-order valence-electron chi connectivity index (χ1n) is 6.43. The van der Waals surface area contributed by atoms with E-state index < -0.39 is 0 Å². The van der Waals surface area contributed by atoms with Gasteiger partial charge in [0.1, 0.15) is 0 Å². The summed E-state index contributed by atoms with van der Waals surface area (Å²) in [6, 6.07) is 4.16. The summed E-state index contributed by atoms with van der Waals surface area (Å²) in [7, 11) is 0. The standard InChI is InChI=1S/C14H19IN2O2/c1-10-7-12(15)8-11(2)14(10)16-13(18)9-17-3-5-19-6-4-17/h7-8H,3-6,9H2,1-2H3,(H,16,18). The SMILES string of the molecule is Cc1cc(I)cc(C)c1NC(=O)CN1CCOCC1. The van der Waals surface area contributed by atoms with Crippen LogP contribution in [-0.2, 0) is 9.53 Å². The van der Waals surface area contributed by atoms with Gasteiger partial charge in [-0.1, -0.05) is 0 Å². The van der Waals surface area contributed by atoms with Crippen molar-refractivity contribution in [2.45, 2.75) is 13.8 Å². The fourth-order valence-corrected chi connectivity index (χ4v) is 3.18. The highest BCUT2D eigenvalue weighted by Gasteiger charge is 2.15. The summed E-state index contributed by atoms with van der Waals surface area (Å²) in [4.78, 5) is 14.2. The van der Waals surface area contributed by atoms with Crippen molar-refractivity contribution in [1.29, 1.82) is 0 Å². The fourth-order valence-electron chi connectivity index (χ4n) is 2.25. The van der Waals surface area contributed by atoms with Crippen molar-refractivity contribution < 1.29 is 9.53 Å². The van der Waals surface area contributed by atoms with Gasteiger partial charge in [-0.15, -0.1) is 0 Å². The number of carbonyl (C=O) groups excluding carboxylic acids is 1. The summed E-state index contributed by atoms with van der Waals surface area (Å²) in [5.41, 5.74) is 3.16. The molecular weight excluding hydrogens is 355 g/mol. The van der Waals surface area contributed by atoms with Crippen molar-refractivity contribution in [1.82, 2.24) is 4.90 Å². The van der Waals surface area contributed by atoms with Crippen LogP contribution in [0.15, 0.2) is 12.1 Å². The first kappa shape index (κ1) is 14.7. The molecule has 1 aliphatic heterocycles. The maximum absolute atomic E-state index is 12.1. The number of nitrogens with one attached hydrogen (secondary N) is 1. The zero-order valence-electron chi connectivity index (χ0n) is 11.3. The maximum Gasteiger partial charge on any atom is 0.238 e. The highest BCUT2D eigenvalue weighted by atomic mass is 127. The van der Waals surface area contributed by atoms with Crippen LogP contribution >= 0.6 is 22.6 Å². The molecule has 1 N–H and O–H groups in total. The lowest BCUT2D eigenvalue weighted by Crippen LogP contribution is -2.41. The summed E-state index contributed by atoms with van der Waals surface area (Å²) in [5.74, 6) is 0.0503. The smallest absolute Gasteiger partial charge is 0.238 e. The summed E-state index contributed by atoms with van der Waals surface area (Å²) in [6.45, 7) is 7.59. The number of rotatable bonds is 3. The van der Waals surface area contributed by atoms with Gasteiger partial charge in [0.25, 0.3) is 0 Å². The summed E-state index contributed by atoms with van der Waals surface area (Å²) < 4.78 is 6.47. The Labute approximate surface area is 127 Å². The molecule has 2 rings (SSSR count). The van der Waals surface area contributed by atoms with E-state index in [0.29, 0.717) is 6.54 Å². The molecule has 1 aromatic rings. The van der Waals surface area contributed by atoms with Crippen LogP contribution in [0.5, 0.6) is 0 Å². The molecule has 1 heterocycles. The van der Waals surface area contributed by atoms with Crippen LogP contribution in [0.2, 0.25) is 0 Å². The number of carbonyl (C=O) groups is 1. The Hall–Kier alpha value is -0.660. The van der Waals surface area contributed by atoms with Gasteiger partial charge >= 0.3 is 0 Å². The van der Waals surface area contributed by atoms with E-state index in [2.05, 4.69) is 44.9 Å². The van der Waals surface area contributed by atoms with Gasteiger partial charge in [-0.05, 0) is 59.7 Å². The van der Waals surface area contributed by atoms with Gasteiger partial charge in [0, 0.05) is 22.3 Å². The quantitative estimate of drug-likeness (QED) is 0.825. The van der Waals surface area contributed by atoms with Gasteiger partial charge in [-0.3, -0.25) is 9.69 Å². The van der Waals surface area contributed by atoms with Crippen molar-refractivity contribution in [2.24, 2.45) is 0 Å². The third-order valence-electron chi connectivity index (χ3n) is 3.23. The Balaban J connectivity index is 1.98. The lowest BCUT2D eigenvalue weighted by Gasteiger charge is -2.26. The first-order chi connectivity index (χ1) is 9.06. The van der Waals surface area contributed by atoms with Crippen molar-refractivity contribution in [3.05, 3.63) is 26.8 Å². The predicted octanol–water partition coefficient (Wildman–Crippen LogP) is 2.18. The molecule has 0 aromatic heterocycles. The number of nitrogens with zero attached hydrogens (tertiary/aromatic N) is 1. The van der Waals surface area contributed by atoms with Crippen molar-refractivity contribution in [2.75, 3.05) is 38.2 Å². The monoisotopic (exact) mass is 374 g/mol. The van der Waals surface area contributed by atoms with E-state index in [9.17, 15) is 4.79 Å². The van der Waals surface area contributed by atoms with E-state index in [-0.39, 0.29) is 5.91 Å². The highest BCUT2D eigenvalue weighted by molar-refractivity contribution is 14.1. The Kier molecular flexibility index (Phi) is 5.18. The molecule has 0 atom stereocenters. The minimum atomic E-state index is 0.0503. The van der Waals surface area contributed by atoms with Gasteiger partial charge in [-0.25, -0.2) is 0 Å². The van der Waals surface area contributed by atoms with E-state index in [1.807, 2.05) is 13.8 Å². The second kappa shape index (κ2) is 6.67. The molecule has 1 fully saturated rings. The Bertz CT molecular complexity index is 448. The zero-order chi connectivity index (χ0) is 13.8. The summed E-state index contributed by atoms with van der Waals surface area (Å²) >= 11 is 2.29. The number of hydrogen-bond acceptors (Lipinski definition) is 3. The van der Waals surface area contributed by atoms with Gasteiger partial charge < -0.3 is 10.1 Å². The maximum atomic E-state index is 12.1. The van der Waals surface area contributed by atoms with Crippen LogP contribution in [-0.4, -0.2) is 43.7 Å². The molecule has 0 aliphatic carbocycles. The number of anilines is 1. The molecule has 4 nitrogen and oxygen atoms in total. The third kappa shape index (κ3) is 4.15. The van der Waals surface area contributed by atoms with Crippen LogP contribution < -0.4 is 5.32 Å². The minimum Gasteiger partial charge on any atom is -0.379 e. The summed E-state index contributed by atoms with van der Waals surface area (Å²) in [5, 5.41) is 3.03. The average molecular weight is 374 g/mol. The fraction of sp³-hybridized carbons (Fsp3) is 0.500. The molecule has 0 saturated carbocycles. The van der Waals surface area contributed by atoms with Crippen LogP contribution in [0, 0.1) is 17.4 Å². The normalized spacial score (nSPS) is 16.4. The Morgan fingerprint density at radius 2 is 1.89 bits per heavy atom. The molecule has 0 spiro atoms. The molecular formula is C14H19IN2O2. The van der Waals surface area contributed by atoms with Crippen molar-refractivity contribution >= 4 is 34.2 Å². The lowest BCUT2D eigenvalue weighted by molar-refractivity contribution is -0.118. The second-order valence-corrected chi connectivity index (χ2v) is 6.10. The van der Waals surface area contributed by atoms with E-state index in [1.54, 1.807) is 0 Å². The molecule has 1 saturated heterocycles. The van der Waals surface area contributed by atoms with E-state index >= 15 is 0 Å². The number of aryl methyl sites for hydroxylation is 2. The number of halogens is 1. The predicted molar refractivity (Wildman–Crippen MR) is 84.5 cm³/mol. The minimum absolute atomic E-state index is 0.0503. The van der Waals surface area contributed by atoms with Gasteiger partial charge in [0.05, 0.1) is 19.8 Å². The van der Waals surface area contributed by atoms with E-state index in [1.165, 1.54) is 3.57 Å². The molecule has 1 amide bonds. The zero-order valence-corrected chi connectivity index (χ0v) is 13.5. The van der Waals surface area contributed by atoms with E-state index in [4.69, 9.17) is 4.74 Å². The molecule has 0 radical (unpaired) electrons. The van der Waals surface area contributed by atoms with Gasteiger partial charge in [0.2, 0.25) is 5.91 Å². The first-order valence-corrected chi connectivity index (χ1v) is 7.51. The molecule has 5 heteroatoms. The average Bonchev–Trinajstić information content (AvgIpc) is 2.35. The van der Waals surface area contributed by atoms with Gasteiger partial charge in [0.15, 0.2) is 0 Å². The van der Waals surface area contributed by atoms with Gasteiger partial charge in [-0.2, -0.15) is 0 Å². The van der Waals surface area contributed by atoms with E-state index in [0.717, 1.165) is 43.1 Å². The van der Waals surface area contributed by atoms with Crippen LogP contribution in [0.1, 0.15) is 11.1 Å². The number of hydrogen-bond donors (Lipinski definition) is 1. The van der Waals surface area contributed by atoms with Crippen LogP contribution in [0.4, 0.5) is 5.69 Å². The van der Waals surface area contributed by atoms with Crippen molar-refractivity contribution in [3.63, 3.8) is 0 Å². The number of morpholine rings is 1. The topological polar surface area (TPSA) is 41.6 Å². The lowest BCUT2D eigenvalue weighted by atomic mass is 10.1. The largest absolute Gasteiger partial charge is 0.379 e.